The van der Waals surface area contributed by atoms with Gasteiger partial charge in [0.1, 0.15) is 5.69 Å². The summed E-state index contributed by atoms with van der Waals surface area (Å²) in [6.07, 6.45) is -1.91. The van der Waals surface area contributed by atoms with Gasteiger partial charge in [-0.25, -0.2) is 4.79 Å². The Morgan fingerprint density at radius 1 is 1.15 bits per heavy atom. The maximum Gasteiger partial charge on any atom is 0.431 e. The second-order valence-electron chi connectivity index (χ2n) is 5.05. The van der Waals surface area contributed by atoms with Crippen LogP contribution in [0.2, 0.25) is 5.02 Å². The smallest absolute Gasteiger partial charge is 0.431 e. The van der Waals surface area contributed by atoms with Gasteiger partial charge in [-0.15, -0.1) is 0 Å². The SMILES string of the molecule is CCOc1cc(/C=C/c2cc(C(F)(F)F)[nH]c(=O)n2)cc(Cl)c1OCC. The molecule has 0 aliphatic rings. The molecule has 0 atom stereocenters. The molecule has 1 N–H and O–H groups in total. The highest BCUT2D eigenvalue weighted by molar-refractivity contribution is 6.32. The summed E-state index contributed by atoms with van der Waals surface area (Å²) in [7, 11) is 0. The van der Waals surface area contributed by atoms with Crippen LogP contribution >= 0.6 is 11.6 Å². The second kappa shape index (κ2) is 8.27. The molecule has 5 nitrogen and oxygen atoms in total. The van der Waals surface area contributed by atoms with Crippen LogP contribution < -0.4 is 15.2 Å². The number of aromatic amines is 1. The molecule has 0 saturated carbocycles. The summed E-state index contributed by atoms with van der Waals surface area (Å²) >= 11 is 6.18. The Morgan fingerprint density at radius 2 is 1.85 bits per heavy atom. The van der Waals surface area contributed by atoms with Gasteiger partial charge in [-0.3, -0.25) is 0 Å². The fraction of sp³-hybridized carbons (Fsp3) is 0.294. The van der Waals surface area contributed by atoms with Crippen molar-refractivity contribution in [2.75, 3.05) is 13.2 Å². The zero-order valence-corrected chi connectivity index (χ0v) is 14.7. The van der Waals surface area contributed by atoms with Crippen LogP contribution in [0, 0.1) is 0 Å². The normalized spacial score (nSPS) is 11.8. The average molecular weight is 389 g/mol. The summed E-state index contributed by atoms with van der Waals surface area (Å²) in [5.74, 6) is 0.804. The van der Waals surface area contributed by atoms with Gasteiger partial charge in [0, 0.05) is 0 Å². The molecule has 1 aromatic heterocycles. The first-order chi connectivity index (χ1) is 12.2. The molecule has 0 unspecified atom stereocenters. The van der Waals surface area contributed by atoms with E-state index < -0.39 is 17.6 Å². The first-order valence-corrected chi connectivity index (χ1v) is 8.08. The van der Waals surface area contributed by atoms with Gasteiger partial charge in [0.05, 0.1) is 23.9 Å². The minimum Gasteiger partial charge on any atom is -0.490 e. The van der Waals surface area contributed by atoms with Crippen molar-refractivity contribution in [3.8, 4) is 11.5 Å². The van der Waals surface area contributed by atoms with Crippen LogP contribution in [-0.2, 0) is 6.18 Å². The molecule has 0 fully saturated rings. The van der Waals surface area contributed by atoms with Crippen molar-refractivity contribution in [2.24, 2.45) is 0 Å². The maximum absolute atomic E-state index is 12.7. The van der Waals surface area contributed by atoms with Gasteiger partial charge in [-0.1, -0.05) is 17.7 Å². The number of alkyl halides is 3. The predicted molar refractivity (Wildman–Crippen MR) is 92.6 cm³/mol. The first-order valence-electron chi connectivity index (χ1n) is 7.70. The fourth-order valence-corrected chi connectivity index (χ4v) is 2.40. The molecule has 2 rings (SSSR count). The number of aromatic nitrogens is 2. The third-order valence-corrected chi connectivity index (χ3v) is 3.42. The van der Waals surface area contributed by atoms with Crippen LogP contribution in [-0.4, -0.2) is 23.2 Å². The molecule has 2 aromatic rings. The second-order valence-corrected chi connectivity index (χ2v) is 5.46. The predicted octanol–water partition coefficient (Wildman–Crippen LogP) is 4.41. The van der Waals surface area contributed by atoms with E-state index in [0.29, 0.717) is 35.3 Å². The van der Waals surface area contributed by atoms with E-state index in [1.807, 2.05) is 0 Å². The first kappa shape index (κ1) is 19.8. The summed E-state index contributed by atoms with van der Waals surface area (Å²) < 4.78 is 49.2. The van der Waals surface area contributed by atoms with Crippen molar-refractivity contribution >= 4 is 23.8 Å². The topological polar surface area (TPSA) is 64.2 Å². The zero-order valence-electron chi connectivity index (χ0n) is 14.0. The van der Waals surface area contributed by atoms with Crippen LogP contribution in [0.3, 0.4) is 0 Å². The van der Waals surface area contributed by atoms with E-state index in [-0.39, 0.29) is 5.69 Å². The highest BCUT2D eigenvalue weighted by Crippen LogP contribution is 2.37. The average Bonchev–Trinajstić information content (AvgIpc) is 2.55. The molecular weight excluding hydrogens is 373 g/mol. The van der Waals surface area contributed by atoms with Gasteiger partial charge < -0.3 is 14.5 Å². The Balaban J connectivity index is 2.39. The van der Waals surface area contributed by atoms with Gasteiger partial charge in [0.2, 0.25) is 0 Å². The highest BCUT2D eigenvalue weighted by atomic mass is 35.5. The third-order valence-electron chi connectivity index (χ3n) is 3.14. The largest absolute Gasteiger partial charge is 0.490 e. The lowest BCUT2D eigenvalue weighted by atomic mass is 10.1. The standard InChI is InChI=1S/C17H16ClF3N2O3/c1-3-25-13-8-10(7-12(18)15(13)26-4-2)5-6-11-9-14(17(19,20)21)23-16(24)22-11/h5-9H,3-4H2,1-2H3,(H,22,23,24)/b6-5+. The van der Waals surface area contributed by atoms with Crippen molar-refractivity contribution in [3.05, 3.63) is 50.7 Å². The molecule has 0 aliphatic carbocycles. The lowest BCUT2D eigenvalue weighted by Gasteiger charge is -2.13. The van der Waals surface area contributed by atoms with E-state index in [4.69, 9.17) is 21.1 Å². The summed E-state index contributed by atoms with van der Waals surface area (Å²) in [6, 6.07) is 3.95. The monoisotopic (exact) mass is 388 g/mol. The Kier molecular flexibility index (Phi) is 6.31. The molecule has 0 bridgehead atoms. The van der Waals surface area contributed by atoms with Gasteiger partial charge in [0.25, 0.3) is 0 Å². The number of halogens is 4. The summed E-state index contributed by atoms with van der Waals surface area (Å²) in [6.45, 7) is 4.38. The van der Waals surface area contributed by atoms with Crippen LogP contribution in [0.5, 0.6) is 11.5 Å². The van der Waals surface area contributed by atoms with E-state index in [0.717, 1.165) is 6.07 Å². The lowest BCUT2D eigenvalue weighted by Crippen LogP contribution is -2.19. The Morgan fingerprint density at radius 3 is 2.46 bits per heavy atom. The molecular formula is C17H16ClF3N2O3. The molecule has 0 radical (unpaired) electrons. The van der Waals surface area contributed by atoms with E-state index in [1.165, 1.54) is 12.2 Å². The highest BCUT2D eigenvalue weighted by Gasteiger charge is 2.32. The minimum absolute atomic E-state index is 0.135. The minimum atomic E-state index is -4.67. The molecule has 0 spiro atoms. The number of rotatable bonds is 6. The summed E-state index contributed by atoms with van der Waals surface area (Å²) in [5, 5.41) is 0.298. The Labute approximate surface area is 152 Å². The van der Waals surface area contributed by atoms with E-state index >= 15 is 0 Å². The molecule has 1 aromatic carbocycles. The van der Waals surface area contributed by atoms with Crippen LogP contribution in [0.4, 0.5) is 13.2 Å². The van der Waals surface area contributed by atoms with Crippen LogP contribution in [0.1, 0.15) is 30.8 Å². The molecule has 0 aliphatic heterocycles. The van der Waals surface area contributed by atoms with E-state index in [1.54, 1.807) is 31.0 Å². The number of nitrogens with zero attached hydrogens (tertiary/aromatic N) is 1. The number of nitrogens with one attached hydrogen (secondary N) is 1. The van der Waals surface area contributed by atoms with E-state index in [9.17, 15) is 18.0 Å². The molecule has 140 valence electrons. The fourth-order valence-electron chi connectivity index (χ4n) is 2.13. The molecule has 26 heavy (non-hydrogen) atoms. The van der Waals surface area contributed by atoms with Gasteiger partial charge in [0.15, 0.2) is 11.5 Å². The van der Waals surface area contributed by atoms with E-state index in [2.05, 4.69) is 4.98 Å². The quantitative estimate of drug-likeness (QED) is 0.796. The number of hydrogen-bond acceptors (Lipinski definition) is 4. The summed E-state index contributed by atoms with van der Waals surface area (Å²) in [4.78, 5) is 16.5. The van der Waals surface area contributed by atoms with Crippen molar-refractivity contribution < 1.29 is 22.6 Å². The number of ether oxygens (including phenoxy) is 2. The van der Waals surface area contributed by atoms with Crippen LogP contribution in [0.15, 0.2) is 23.0 Å². The van der Waals surface area contributed by atoms with Crippen LogP contribution in [0.25, 0.3) is 12.2 Å². The summed E-state index contributed by atoms with van der Waals surface area (Å²) in [5.41, 5.74) is -1.84. The Hall–Kier alpha value is -2.48. The number of H-pyrrole nitrogens is 1. The number of benzene rings is 1. The van der Waals surface area contributed by atoms with Gasteiger partial charge >= 0.3 is 11.9 Å². The van der Waals surface area contributed by atoms with Crippen molar-refractivity contribution in [3.63, 3.8) is 0 Å². The molecule has 1 heterocycles. The van der Waals surface area contributed by atoms with Crippen molar-refractivity contribution in [1.29, 1.82) is 0 Å². The molecule has 9 heteroatoms. The Bertz CT molecular complexity index is 863. The molecule has 0 saturated heterocycles. The zero-order chi connectivity index (χ0) is 19.3. The van der Waals surface area contributed by atoms with Gasteiger partial charge in [-0.2, -0.15) is 18.2 Å². The van der Waals surface area contributed by atoms with Crippen molar-refractivity contribution in [1.82, 2.24) is 9.97 Å². The number of hydrogen-bond donors (Lipinski definition) is 1. The van der Waals surface area contributed by atoms with Crippen molar-refractivity contribution in [2.45, 2.75) is 20.0 Å². The molecule has 0 amide bonds. The third kappa shape index (κ3) is 5.01. The maximum atomic E-state index is 12.7. The lowest BCUT2D eigenvalue weighted by molar-refractivity contribution is -0.141. The van der Waals surface area contributed by atoms with Gasteiger partial charge in [-0.05, 0) is 43.7 Å².